The molecule has 0 atom stereocenters. The molecular weight excluding hydrogens is 178 g/mol. The summed E-state index contributed by atoms with van der Waals surface area (Å²) in [5.41, 5.74) is 1.66. The summed E-state index contributed by atoms with van der Waals surface area (Å²) in [6, 6.07) is 7.30. The van der Waals surface area contributed by atoms with Crippen LogP contribution in [0.2, 0.25) is 0 Å². The molecule has 1 heterocycles. The number of aromatic nitrogens is 1. The Bertz CT molecular complexity index is 511. The van der Waals surface area contributed by atoms with Crippen molar-refractivity contribution >= 4 is 22.9 Å². The summed E-state index contributed by atoms with van der Waals surface area (Å²) in [5.74, 6) is -0.933. The van der Waals surface area contributed by atoms with Gasteiger partial charge in [0.05, 0.1) is 11.3 Å². The molecule has 2 aromatic rings. The SMILES string of the molecule is C=Cc1[nH]c2ccccc2c1C(=O)O. The van der Waals surface area contributed by atoms with Crippen molar-refractivity contribution in [1.29, 1.82) is 0 Å². The summed E-state index contributed by atoms with van der Waals surface area (Å²) < 4.78 is 0. The molecule has 14 heavy (non-hydrogen) atoms. The van der Waals surface area contributed by atoms with Gasteiger partial charge in [0, 0.05) is 10.9 Å². The minimum Gasteiger partial charge on any atom is -0.478 e. The predicted molar refractivity (Wildman–Crippen MR) is 55.3 cm³/mol. The fourth-order valence-corrected chi connectivity index (χ4v) is 1.55. The van der Waals surface area contributed by atoms with Gasteiger partial charge in [0.2, 0.25) is 0 Å². The van der Waals surface area contributed by atoms with Crippen molar-refractivity contribution in [2.24, 2.45) is 0 Å². The lowest BCUT2D eigenvalue weighted by Crippen LogP contribution is -1.96. The van der Waals surface area contributed by atoms with Crippen molar-refractivity contribution in [1.82, 2.24) is 4.98 Å². The summed E-state index contributed by atoms with van der Waals surface area (Å²) >= 11 is 0. The second kappa shape index (κ2) is 3.03. The Morgan fingerprint density at radius 2 is 2.14 bits per heavy atom. The van der Waals surface area contributed by atoms with Crippen LogP contribution in [0.15, 0.2) is 30.8 Å². The minimum atomic E-state index is -0.933. The van der Waals surface area contributed by atoms with Crippen molar-refractivity contribution in [3.63, 3.8) is 0 Å². The molecule has 0 aliphatic heterocycles. The minimum absolute atomic E-state index is 0.288. The highest BCUT2D eigenvalue weighted by Gasteiger charge is 2.14. The Hall–Kier alpha value is -2.03. The summed E-state index contributed by atoms with van der Waals surface area (Å²) in [6.07, 6.45) is 1.52. The van der Waals surface area contributed by atoms with Gasteiger partial charge in [-0.05, 0) is 12.1 Å². The van der Waals surface area contributed by atoms with Crippen LogP contribution in [0.3, 0.4) is 0 Å². The number of carbonyl (C=O) groups is 1. The standard InChI is InChI=1S/C11H9NO2/c1-2-8-10(11(13)14)7-5-3-4-6-9(7)12-8/h2-6,12H,1H2,(H,13,14). The third kappa shape index (κ3) is 1.10. The van der Waals surface area contributed by atoms with E-state index in [-0.39, 0.29) is 5.56 Å². The van der Waals surface area contributed by atoms with E-state index in [0.29, 0.717) is 5.69 Å². The number of nitrogens with one attached hydrogen (secondary N) is 1. The summed E-state index contributed by atoms with van der Waals surface area (Å²) in [7, 11) is 0. The van der Waals surface area contributed by atoms with Gasteiger partial charge in [0.25, 0.3) is 0 Å². The van der Waals surface area contributed by atoms with Gasteiger partial charge in [-0.2, -0.15) is 0 Å². The lowest BCUT2D eigenvalue weighted by atomic mass is 10.1. The summed E-state index contributed by atoms with van der Waals surface area (Å²) in [4.78, 5) is 14.0. The average molecular weight is 187 g/mol. The van der Waals surface area contributed by atoms with E-state index in [1.54, 1.807) is 6.07 Å². The molecule has 0 aliphatic carbocycles. The molecule has 0 spiro atoms. The van der Waals surface area contributed by atoms with Crippen LogP contribution < -0.4 is 0 Å². The van der Waals surface area contributed by atoms with Crippen LogP contribution in [0.5, 0.6) is 0 Å². The zero-order valence-corrected chi connectivity index (χ0v) is 7.45. The molecule has 0 bridgehead atoms. The molecule has 0 saturated carbocycles. The number of aromatic amines is 1. The van der Waals surface area contributed by atoms with Crippen LogP contribution in [-0.2, 0) is 0 Å². The van der Waals surface area contributed by atoms with E-state index in [1.807, 2.05) is 18.2 Å². The van der Waals surface area contributed by atoms with Gasteiger partial charge in [0.15, 0.2) is 0 Å². The molecule has 2 rings (SSSR count). The third-order valence-electron chi connectivity index (χ3n) is 2.15. The van der Waals surface area contributed by atoms with Crippen LogP contribution in [0.1, 0.15) is 16.1 Å². The van der Waals surface area contributed by atoms with Gasteiger partial charge in [-0.3, -0.25) is 0 Å². The van der Waals surface area contributed by atoms with E-state index in [9.17, 15) is 4.79 Å². The maximum Gasteiger partial charge on any atom is 0.338 e. The number of carboxylic acids is 1. The Labute approximate surface area is 80.7 Å². The number of fused-ring (bicyclic) bond motifs is 1. The Morgan fingerprint density at radius 3 is 2.79 bits per heavy atom. The summed E-state index contributed by atoms with van der Waals surface area (Å²) in [6.45, 7) is 3.57. The monoisotopic (exact) mass is 187 g/mol. The lowest BCUT2D eigenvalue weighted by molar-refractivity contribution is 0.0699. The van der Waals surface area contributed by atoms with E-state index in [1.165, 1.54) is 6.08 Å². The lowest BCUT2D eigenvalue weighted by Gasteiger charge is -1.92. The Kier molecular flexibility index (Phi) is 1.85. The van der Waals surface area contributed by atoms with Crippen LogP contribution in [0, 0.1) is 0 Å². The highest BCUT2D eigenvalue weighted by Crippen LogP contribution is 2.22. The zero-order chi connectivity index (χ0) is 10.1. The molecule has 2 N–H and O–H groups in total. The van der Waals surface area contributed by atoms with Crippen LogP contribution in [0.25, 0.3) is 17.0 Å². The molecule has 70 valence electrons. The first-order chi connectivity index (χ1) is 6.74. The van der Waals surface area contributed by atoms with Crippen LogP contribution >= 0.6 is 0 Å². The van der Waals surface area contributed by atoms with E-state index < -0.39 is 5.97 Å². The number of hydrogen-bond acceptors (Lipinski definition) is 1. The van der Waals surface area contributed by atoms with Crippen molar-refractivity contribution < 1.29 is 9.90 Å². The quantitative estimate of drug-likeness (QED) is 0.758. The van der Waals surface area contributed by atoms with E-state index in [0.717, 1.165) is 10.9 Å². The molecular formula is C11H9NO2. The molecule has 1 aromatic heterocycles. The topological polar surface area (TPSA) is 53.1 Å². The normalized spacial score (nSPS) is 10.3. The van der Waals surface area contributed by atoms with E-state index in [4.69, 9.17) is 5.11 Å². The number of rotatable bonds is 2. The van der Waals surface area contributed by atoms with Gasteiger partial charge < -0.3 is 10.1 Å². The second-order valence-corrected chi connectivity index (χ2v) is 2.97. The number of carboxylic acid groups (broad SMARTS) is 1. The highest BCUT2D eigenvalue weighted by atomic mass is 16.4. The maximum atomic E-state index is 11.0. The number of benzene rings is 1. The van der Waals surface area contributed by atoms with Gasteiger partial charge >= 0.3 is 5.97 Å². The molecule has 1 aromatic carbocycles. The molecule has 0 saturated heterocycles. The fourth-order valence-electron chi connectivity index (χ4n) is 1.55. The molecule has 0 amide bonds. The average Bonchev–Trinajstić information content (AvgIpc) is 2.55. The van der Waals surface area contributed by atoms with Crippen molar-refractivity contribution in [3.05, 3.63) is 42.1 Å². The number of aromatic carboxylic acids is 1. The van der Waals surface area contributed by atoms with Crippen LogP contribution in [0.4, 0.5) is 0 Å². The van der Waals surface area contributed by atoms with Crippen molar-refractivity contribution in [2.45, 2.75) is 0 Å². The van der Waals surface area contributed by atoms with Crippen molar-refractivity contribution in [3.8, 4) is 0 Å². The maximum absolute atomic E-state index is 11.0. The van der Waals surface area contributed by atoms with Gasteiger partial charge in [-0.25, -0.2) is 4.79 Å². The van der Waals surface area contributed by atoms with Crippen LogP contribution in [-0.4, -0.2) is 16.1 Å². The molecule has 3 heteroatoms. The number of hydrogen-bond donors (Lipinski definition) is 2. The smallest absolute Gasteiger partial charge is 0.338 e. The van der Waals surface area contributed by atoms with Crippen molar-refractivity contribution in [2.75, 3.05) is 0 Å². The van der Waals surface area contributed by atoms with E-state index >= 15 is 0 Å². The van der Waals surface area contributed by atoms with Gasteiger partial charge in [-0.1, -0.05) is 24.8 Å². The van der Waals surface area contributed by atoms with Gasteiger partial charge in [-0.15, -0.1) is 0 Å². The molecule has 0 fully saturated rings. The number of para-hydroxylation sites is 1. The van der Waals surface area contributed by atoms with Gasteiger partial charge in [0.1, 0.15) is 0 Å². The second-order valence-electron chi connectivity index (χ2n) is 2.97. The fraction of sp³-hybridized carbons (Fsp3) is 0. The molecule has 0 radical (unpaired) electrons. The molecule has 0 unspecified atom stereocenters. The molecule has 3 nitrogen and oxygen atoms in total. The Balaban J connectivity index is 2.87. The zero-order valence-electron chi connectivity index (χ0n) is 7.45. The number of H-pyrrole nitrogens is 1. The summed E-state index contributed by atoms with van der Waals surface area (Å²) in [5, 5.41) is 9.73. The van der Waals surface area contributed by atoms with E-state index in [2.05, 4.69) is 11.6 Å². The Morgan fingerprint density at radius 1 is 1.43 bits per heavy atom. The highest BCUT2D eigenvalue weighted by molar-refractivity contribution is 6.06. The first kappa shape index (κ1) is 8.56. The first-order valence-electron chi connectivity index (χ1n) is 4.20. The predicted octanol–water partition coefficient (Wildman–Crippen LogP) is 2.51. The molecule has 0 aliphatic rings. The first-order valence-corrected chi connectivity index (χ1v) is 4.20. The largest absolute Gasteiger partial charge is 0.478 e. The third-order valence-corrected chi connectivity index (χ3v) is 2.15.